The van der Waals surface area contributed by atoms with Gasteiger partial charge >= 0.3 is 0 Å². The molecule has 0 aliphatic heterocycles. The molecule has 0 aliphatic rings. The van der Waals surface area contributed by atoms with Gasteiger partial charge in [0.2, 0.25) is 5.91 Å². The number of halogens is 1. The van der Waals surface area contributed by atoms with Gasteiger partial charge in [0.05, 0.1) is 11.9 Å². The molecule has 130 valence electrons. The number of nitrogens with one attached hydrogen (secondary N) is 1. The van der Waals surface area contributed by atoms with Crippen LogP contribution in [-0.2, 0) is 11.3 Å². The van der Waals surface area contributed by atoms with Crippen LogP contribution in [0.25, 0.3) is 6.08 Å². The maximum atomic E-state index is 12.2. The Labute approximate surface area is 147 Å². The van der Waals surface area contributed by atoms with Gasteiger partial charge in [-0.15, -0.1) is 0 Å². The van der Waals surface area contributed by atoms with Crippen LogP contribution in [0.5, 0.6) is 0 Å². The zero-order valence-corrected chi connectivity index (χ0v) is 15.3. The number of carbonyl (C=O) groups is 1. The second kappa shape index (κ2) is 8.15. The highest BCUT2D eigenvalue weighted by atomic mass is 35.5. The van der Waals surface area contributed by atoms with Gasteiger partial charge in [-0.2, -0.15) is 10.2 Å². The standard InChI is InChI=1S/C17H24ClN5O/c1-5-6-11-22-17(18)14(13(4)21-22)7-8-16(24)20-15-9-10-19-23(15)12(2)3/h7-10,12H,5-6,11H2,1-4H3,(H,20,24). The lowest BCUT2D eigenvalue weighted by Gasteiger charge is -2.10. The Morgan fingerprint density at radius 1 is 1.46 bits per heavy atom. The summed E-state index contributed by atoms with van der Waals surface area (Å²) < 4.78 is 3.54. The van der Waals surface area contributed by atoms with E-state index in [2.05, 4.69) is 22.4 Å². The molecule has 0 fully saturated rings. The molecule has 6 nitrogen and oxygen atoms in total. The Kier molecular flexibility index (Phi) is 6.20. The van der Waals surface area contributed by atoms with Crippen LogP contribution in [0.4, 0.5) is 5.82 Å². The molecule has 0 atom stereocenters. The van der Waals surface area contributed by atoms with E-state index in [0.29, 0.717) is 11.0 Å². The van der Waals surface area contributed by atoms with Crippen molar-refractivity contribution in [1.82, 2.24) is 19.6 Å². The largest absolute Gasteiger partial charge is 0.307 e. The normalized spacial score (nSPS) is 11.6. The first-order valence-corrected chi connectivity index (χ1v) is 8.57. The van der Waals surface area contributed by atoms with Gasteiger partial charge in [0.15, 0.2) is 0 Å². The molecule has 0 bridgehead atoms. The first-order chi connectivity index (χ1) is 11.4. The Bertz CT molecular complexity index is 729. The third-order valence-electron chi connectivity index (χ3n) is 3.64. The van der Waals surface area contributed by atoms with Crippen LogP contribution in [0.15, 0.2) is 18.3 Å². The molecule has 1 N–H and O–H groups in total. The Morgan fingerprint density at radius 3 is 2.88 bits per heavy atom. The lowest BCUT2D eigenvalue weighted by atomic mass is 10.2. The molecular formula is C17H24ClN5O. The third kappa shape index (κ3) is 4.26. The molecule has 1 amide bonds. The Hall–Kier alpha value is -2.08. The average Bonchev–Trinajstić information content (AvgIpc) is 3.09. The Balaban J connectivity index is 2.09. The average molecular weight is 350 g/mol. The van der Waals surface area contributed by atoms with Crippen molar-refractivity contribution >= 4 is 29.4 Å². The number of aromatic nitrogens is 4. The Morgan fingerprint density at radius 2 is 2.21 bits per heavy atom. The summed E-state index contributed by atoms with van der Waals surface area (Å²) in [5, 5.41) is 12.0. The van der Waals surface area contributed by atoms with Crippen LogP contribution in [0.1, 0.15) is 50.9 Å². The van der Waals surface area contributed by atoms with Crippen molar-refractivity contribution < 1.29 is 4.79 Å². The summed E-state index contributed by atoms with van der Waals surface area (Å²) in [6.07, 6.45) is 6.93. The lowest BCUT2D eigenvalue weighted by Crippen LogP contribution is -2.14. The summed E-state index contributed by atoms with van der Waals surface area (Å²) in [5.41, 5.74) is 1.59. The smallest absolute Gasteiger partial charge is 0.249 e. The predicted octanol–water partition coefficient (Wildman–Crippen LogP) is 4.07. The molecule has 0 aromatic carbocycles. The highest BCUT2D eigenvalue weighted by molar-refractivity contribution is 6.31. The maximum Gasteiger partial charge on any atom is 0.249 e. The van der Waals surface area contributed by atoms with Gasteiger partial charge in [-0.25, -0.2) is 4.68 Å². The van der Waals surface area contributed by atoms with Gasteiger partial charge in [0.25, 0.3) is 0 Å². The number of anilines is 1. The molecule has 0 spiro atoms. The molecule has 24 heavy (non-hydrogen) atoms. The zero-order valence-electron chi connectivity index (χ0n) is 14.6. The van der Waals surface area contributed by atoms with Crippen molar-refractivity contribution in [2.24, 2.45) is 0 Å². The topological polar surface area (TPSA) is 64.7 Å². The summed E-state index contributed by atoms with van der Waals surface area (Å²) in [6, 6.07) is 1.94. The van der Waals surface area contributed by atoms with Crippen LogP contribution >= 0.6 is 11.6 Å². The van der Waals surface area contributed by atoms with E-state index in [-0.39, 0.29) is 11.9 Å². The van der Waals surface area contributed by atoms with Gasteiger partial charge < -0.3 is 5.32 Å². The monoisotopic (exact) mass is 349 g/mol. The summed E-state index contributed by atoms with van der Waals surface area (Å²) in [5.74, 6) is 0.440. The van der Waals surface area contributed by atoms with Crippen molar-refractivity contribution in [3.8, 4) is 0 Å². The number of hydrogen-bond donors (Lipinski definition) is 1. The van der Waals surface area contributed by atoms with Crippen LogP contribution in [0.2, 0.25) is 5.15 Å². The van der Waals surface area contributed by atoms with Crippen molar-refractivity contribution in [2.45, 2.75) is 53.1 Å². The highest BCUT2D eigenvalue weighted by Crippen LogP contribution is 2.22. The van der Waals surface area contributed by atoms with E-state index in [0.717, 1.165) is 30.6 Å². The molecule has 0 saturated heterocycles. The fraction of sp³-hybridized carbons (Fsp3) is 0.471. The minimum Gasteiger partial charge on any atom is -0.307 e. The lowest BCUT2D eigenvalue weighted by molar-refractivity contribution is -0.111. The number of nitrogens with zero attached hydrogens (tertiary/aromatic N) is 4. The maximum absolute atomic E-state index is 12.2. The van der Waals surface area contributed by atoms with Crippen molar-refractivity contribution in [3.63, 3.8) is 0 Å². The van der Waals surface area contributed by atoms with Crippen LogP contribution in [0, 0.1) is 6.92 Å². The minimum absolute atomic E-state index is 0.174. The van der Waals surface area contributed by atoms with E-state index in [1.54, 1.807) is 27.7 Å². The second-order valence-corrected chi connectivity index (χ2v) is 6.30. The predicted molar refractivity (Wildman–Crippen MR) is 97.2 cm³/mol. The number of aryl methyl sites for hydroxylation is 2. The summed E-state index contributed by atoms with van der Waals surface area (Å²) in [6.45, 7) is 8.81. The first kappa shape index (κ1) is 18.3. The summed E-state index contributed by atoms with van der Waals surface area (Å²) in [4.78, 5) is 12.2. The van der Waals surface area contributed by atoms with Crippen molar-refractivity contribution in [1.29, 1.82) is 0 Å². The van der Waals surface area contributed by atoms with Gasteiger partial charge in [-0.1, -0.05) is 24.9 Å². The SMILES string of the molecule is CCCCn1nc(C)c(C=CC(=O)Nc2ccnn2C(C)C)c1Cl. The van der Waals surface area contributed by atoms with Crippen molar-refractivity contribution in [2.75, 3.05) is 5.32 Å². The van der Waals surface area contributed by atoms with E-state index >= 15 is 0 Å². The number of unbranched alkanes of at least 4 members (excludes halogenated alkanes) is 1. The molecule has 2 rings (SSSR count). The quantitative estimate of drug-likeness (QED) is 0.766. The van der Waals surface area contributed by atoms with E-state index in [4.69, 9.17) is 11.6 Å². The van der Waals surface area contributed by atoms with Gasteiger partial charge in [-0.05, 0) is 33.3 Å². The molecule has 0 aliphatic carbocycles. The fourth-order valence-corrected chi connectivity index (χ4v) is 2.69. The third-order valence-corrected chi connectivity index (χ3v) is 4.04. The summed E-state index contributed by atoms with van der Waals surface area (Å²) in [7, 11) is 0. The van der Waals surface area contributed by atoms with Crippen LogP contribution < -0.4 is 5.32 Å². The highest BCUT2D eigenvalue weighted by Gasteiger charge is 2.12. The van der Waals surface area contributed by atoms with Crippen LogP contribution in [-0.4, -0.2) is 25.5 Å². The number of rotatable bonds is 7. The molecule has 0 radical (unpaired) electrons. The fourth-order valence-electron chi connectivity index (χ4n) is 2.36. The van der Waals surface area contributed by atoms with Gasteiger partial charge in [0.1, 0.15) is 11.0 Å². The van der Waals surface area contributed by atoms with Gasteiger partial charge in [-0.3, -0.25) is 9.48 Å². The minimum atomic E-state index is -0.228. The number of amides is 1. The molecule has 2 aromatic rings. The number of hydrogen-bond acceptors (Lipinski definition) is 3. The molecule has 7 heteroatoms. The van der Waals surface area contributed by atoms with E-state index in [1.807, 2.05) is 20.8 Å². The first-order valence-electron chi connectivity index (χ1n) is 8.19. The molecular weight excluding hydrogens is 326 g/mol. The molecule has 0 saturated carbocycles. The van der Waals surface area contributed by atoms with E-state index < -0.39 is 0 Å². The van der Waals surface area contributed by atoms with Crippen molar-refractivity contribution in [3.05, 3.63) is 34.7 Å². The van der Waals surface area contributed by atoms with E-state index in [9.17, 15) is 4.79 Å². The second-order valence-electron chi connectivity index (χ2n) is 5.94. The molecule has 2 aromatic heterocycles. The number of carbonyl (C=O) groups excluding carboxylic acids is 1. The summed E-state index contributed by atoms with van der Waals surface area (Å²) >= 11 is 6.36. The van der Waals surface area contributed by atoms with E-state index in [1.165, 1.54) is 6.08 Å². The zero-order chi connectivity index (χ0) is 17.7. The molecule has 0 unspecified atom stereocenters. The molecule has 2 heterocycles. The van der Waals surface area contributed by atoms with Gasteiger partial charge in [0, 0.05) is 30.3 Å². The van der Waals surface area contributed by atoms with Crippen LogP contribution in [0.3, 0.4) is 0 Å².